The summed E-state index contributed by atoms with van der Waals surface area (Å²) in [5.74, 6) is -0.635. The first kappa shape index (κ1) is 29.5. The van der Waals surface area contributed by atoms with Crippen molar-refractivity contribution >= 4 is 43.6 Å². The van der Waals surface area contributed by atoms with Crippen LogP contribution in [0.25, 0.3) is 0 Å². The predicted molar refractivity (Wildman–Crippen MR) is 146 cm³/mol. The van der Waals surface area contributed by atoms with Crippen LogP contribution in [0.1, 0.15) is 18.9 Å². The molecular weight excluding hydrogens is 576 g/mol. The normalized spacial score (nSPS) is 21.4. The molecule has 0 aromatic heterocycles. The lowest BCUT2D eigenvalue weighted by Crippen LogP contribution is -2.57. The molecule has 1 fully saturated rings. The van der Waals surface area contributed by atoms with Crippen molar-refractivity contribution in [1.82, 2.24) is 4.31 Å². The van der Waals surface area contributed by atoms with Gasteiger partial charge in [-0.2, -0.15) is 17.5 Å². The smallest absolute Gasteiger partial charge is 0.376 e. The highest BCUT2D eigenvalue weighted by atomic mass is 32.2. The zero-order valence-electron chi connectivity index (χ0n) is 20.8. The Morgan fingerprint density at radius 2 is 1.82 bits per heavy atom. The molecule has 3 atom stereocenters. The van der Waals surface area contributed by atoms with Crippen molar-refractivity contribution in [1.29, 1.82) is 0 Å². The molecule has 2 aliphatic rings. The van der Waals surface area contributed by atoms with Crippen molar-refractivity contribution in [3.8, 4) is 0 Å². The van der Waals surface area contributed by atoms with E-state index in [1.807, 2.05) is 0 Å². The van der Waals surface area contributed by atoms with Crippen molar-refractivity contribution in [3.63, 3.8) is 0 Å². The van der Waals surface area contributed by atoms with E-state index in [0.717, 1.165) is 18.2 Å². The van der Waals surface area contributed by atoms with E-state index in [-0.39, 0.29) is 45.6 Å². The Kier molecular flexibility index (Phi) is 8.48. The predicted octanol–water partition coefficient (Wildman–Crippen LogP) is 4.44. The van der Waals surface area contributed by atoms with E-state index in [1.54, 1.807) is 17.1 Å². The van der Waals surface area contributed by atoms with Crippen LogP contribution < -0.4 is 4.90 Å². The number of alkyl halides is 3. The molecule has 0 radical (unpaired) electrons. The molecule has 1 heterocycles. The quantitative estimate of drug-likeness (QED) is 0.373. The van der Waals surface area contributed by atoms with Crippen molar-refractivity contribution < 1.29 is 35.3 Å². The summed E-state index contributed by atoms with van der Waals surface area (Å²) in [6, 6.07) is 9.74. The molecule has 0 spiro atoms. The van der Waals surface area contributed by atoms with Gasteiger partial charge in [-0.1, -0.05) is 42.6 Å². The lowest BCUT2D eigenvalue weighted by molar-refractivity contribution is -0.258. The molecule has 0 unspecified atom stereocenters. The van der Waals surface area contributed by atoms with E-state index < -0.39 is 44.5 Å². The van der Waals surface area contributed by atoms with Crippen LogP contribution in [0.2, 0.25) is 0 Å². The van der Waals surface area contributed by atoms with Crippen LogP contribution in [0.5, 0.6) is 0 Å². The highest BCUT2D eigenvalue weighted by molar-refractivity contribution is 7.96. The Morgan fingerprint density at radius 1 is 1.13 bits per heavy atom. The standard InChI is InChI=1S/C26H26F4N2O4S3/c1-25(33,26(28,29)30)18-9-11-20(12-10-18)32-14-13-31(39(35,36)24-8-3-2-7-23(24)37)16-21(32)17-38(34)22-6-4-5-19(27)15-22/h2-6,8-12,15,21,33H,7,13-14,16-17H2,1H3/t21-,25+,38+/m1/s1. The number of thiocarbonyl (C=S) groups is 1. The Labute approximate surface area is 232 Å². The average Bonchev–Trinajstić information content (AvgIpc) is 2.88. The van der Waals surface area contributed by atoms with E-state index in [9.17, 15) is 35.3 Å². The Hall–Kier alpha value is -2.45. The third-order valence-electron chi connectivity index (χ3n) is 6.74. The molecule has 210 valence electrons. The van der Waals surface area contributed by atoms with Gasteiger partial charge in [0.25, 0.3) is 0 Å². The molecule has 6 nitrogen and oxygen atoms in total. The maximum absolute atomic E-state index is 13.8. The zero-order valence-corrected chi connectivity index (χ0v) is 23.2. The topological polar surface area (TPSA) is 77.9 Å². The van der Waals surface area contributed by atoms with Gasteiger partial charge in [-0.15, -0.1) is 0 Å². The van der Waals surface area contributed by atoms with Crippen molar-refractivity contribution in [2.75, 3.05) is 30.3 Å². The maximum Gasteiger partial charge on any atom is 0.421 e. The summed E-state index contributed by atoms with van der Waals surface area (Å²) >= 11 is 5.27. The van der Waals surface area contributed by atoms with Crippen LogP contribution in [0.4, 0.5) is 23.2 Å². The number of rotatable bonds is 7. The Bertz CT molecular complexity index is 1440. The fourth-order valence-electron chi connectivity index (χ4n) is 4.44. The molecule has 2 aromatic carbocycles. The van der Waals surface area contributed by atoms with E-state index in [4.69, 9.17) is 12.2 Å². The molecule has 1 N–H and O–H groups in total. The van der Waals surface area contributed by atoms with Crippen LogP contribution in [0.15, 0.2) is 76.6 Å². The molecule has 39 heavy (non-hydrogen) atoms. The van der Waals surface area contributed by atoms with Gasteiger partial charge in [0.15, 0.2) is 5.60 Å². The number of nitrogens with zero attached hydrogens (tertiary/aromatic N) is 2. The number of halogens is 4. The summed E-state index contributed by atoms with van der Waals surface area (Å²) < 4.78 is 95.0. The van der Waals surface area contributed by atoms with Crippen LogP contribution in [-0.2, 0) is 26.4 Å². The number of hydrogen-bond donors (Lipinski definition) is 1. The third kappa shape index (κ3) is 6.17. The second-order valence-electron chi connectivity index (χ2n) is 9.38. The molecule has 1 saturated heterocycles. The molecule has 0 saturated carbocycles. The van der Waals surface area contributed by atoms with Gasteiger partial charge in [0, 0.05) is 47.3 Å². The highest BCUT2D eigenvalue weighted by Gasteiger charge is 2.51. The summed E-state index contributed by atoms with van der Waals surface area (Å²) in [7, 11) is -5.68. The number of anilines is 1. The number of piperazine rings is 1. The van der Waals surface area contributed by atoms with Gasteiger partial charge in [-0.05, 0) is 48.9 Å². The largest absolute Gasteiger partial charge is 0.421 e. The molecule has 2 aromatic rings. The Morgan fingerprint density at radius 3 is 2.44 bits per heavy atom. The summed E-state index contributed by atoms with van der Waals surface area (Å²) in [5, 5.41) is 10.0. The number of allylic oxidation sites excluding steroid dienone is 4. The fraction of sp³-hybridized carbons (Fsp3) is 0.346. The number of hydrogen-bond acceptors (Lipinski definition) is 6. The lowest BCUT2D eigenvalue weighted by atomic mass is 9.95. The monoisotopic (exact) mass is 602 g/mol. The summed E-state index contributed by atoms with van der Waals surface area (Å²) in [6.45, 7) is 0.789. The number of benzene rings is 2. The molecule has 13 heteroatoms. The first-order valence-corrected chi connectivity index (χ1v) is 15.1. The lowest BCUT2D eigenvalue weighted by Gasteiger charge is -2.42. The van der Waals surface area contributed by atoms with E-state index in [1.165, 1.54) is 40.7 Å². The van der Waals surface area contributed by atoms with Crippen LogP contribution >= 0.6 is 12.2 Å². The van der Waals surface area contributed by atoms with E-state index in [0.29, 0.717) is 19.0 Å². The van der Waals surface area contributed by atoms with E-state index >= 15 is 0 Å². The van der Waals surface area contributed by atoms with Gasteiger partial charge in [-0.25, -0.2) is 12.8 Å². The molecule has 0 amide bonds. The van der Waals surface area contributed by atoms with Gasteiger partial charge >= 0.3 is 6.18 Å². The Balaban J connectivity index is 1.65. The minimum Gasteiger partial charge on any atom is -0.376 e. The van der Waals surface area contributed by atoms with Crippen molar-refractivity contribution in [2.45, 2.75) is 36.1 Å². The molecule has 1 aliphatic carbocycles. The first-order valence-electron chi connectivity index (χ1n) is 11.9. The van der Waals surface area contributed by atoms with Gasteiger partial charge in [0.1, 0.15) is 5.82 Å². The molecule has 4 rings (SSSR count). The zero-order chi connectivity index (χ0) is 28.6. The molecule has 0 bridgehead atoms. The fourth-order valence-corrected chi connectivity index (χ4v) is 7.81. The van der Waals surface area contributed by atoms with Gasteiger partial charge < -0.3 is 10.0 Å². The summed E-state index contributed by atoms with van der Waals surface area (Å²) in [4.78, 5) is 2.31. The SMILES string of the molecule is C[C@](O)(c1ccc(N2CCN(S(=O)(=O)C3=CC=CCC3=S)C[C@@H]2C[S@](=O)c2cccc(F)c2)cc1)C(F)(F)F. The van der Waals surface area contributed by atoms with Crippen LogP contribution in [0, 0.1) is 5.82 Å². The summed E-state index contributed by atoms with van der Waals surface area (Å²) in [6.07, 6.45) is 0.250. The van der Waals surface area contributed by atoms with Gasteiger partial charge in [0.2, 0.25) is 10.0 Å². The molecule has 1 aliphatic heterocycles. The second kappa shape index (κ2) is 11.2. The minimum atomic E-state index is -4.89. The van der Waals surface area contributed by atoms with Gasteiger partial charge in [0.05, 0.1) is 21.7 Å². The third-order valence-corrected chi connectivity index (χ3v) is 10.7. The van der Waals surface area contributed by atoms with Crippen molar-refractivity contribution in [3.05, 3.63) is 83.0 Å². The van der Waals surface area contributed by atoms with Crippen LogP contribution in [-0.4, -0.2) is 64.5 Å². The van der Waals surface area contributed by atoms with Crippen molar-refractivity contribution in [2.24, 2.45) is 0 Å². The van der Waals surface area contributed by atoms with Crippen LogP contribution in [0.3, 0.4) is 0 Å². The maximum atomic E-state index is 13.8. The molecular formula is C26H26F4N2O4S3. The van der Waals surface area contributed by atoms with E-state index in [2.05, 4.69) is 0 Å². The minimum absolute atomic E-state index is 0.0252. The number of aliphatic hydroxyl groups is 1. The number of sulfonamides is 1. The van der Waals surface area contributed by atoms with Gasteiger partial charge in [-0.3, -0.25) is 4.21 Å². The summed E-state index contributed by atoms with van der Waals surface area (Å²) in [5.41, 5.74) is -2.95. The average molecular weight is 603 g/mol. The first-order chi connectivity index (χ1) is 18.2. The highest BCUT2D eigenvalue weighted by Crippen LogP contribution is 2.39. The second-order valence-corrected chi connectivity index (χ2v) is 13.3.